The maximum atomic E-state index is 4.93. The fraction of sp³-hybridized carbons (Fsp3) is 1.00. The van der Waals surface area contributed by atoms with Crippen LogP contribution in [0.5, 0.6) is 0 Å². The summed E-state index contributed by atoms with van der Waals surface area (Å²) in [4.78, 5) is 2.18. The molecule has 0 spiro atoms. The molecule has 0 N–H and O–H groups in total. The first-order valence-corrected chi connectivity index (χ1v) is 20.7. The number of rotatable bonds is 12. The van der Waals surface area contributed by atoms with Crippen LogP contribution in [0.4, 0.5) is 0 Å². The Labute approximate surface area is 301 Å². The second kappa shape index (κ2) is 50.2. The van der Waals surface area contributed by atoms with Crippen molar-refractivity contribution in [3.8, 4) is 0 Å². The molecule has 0 aromatic rings. The minimum atomic E-state index is 0.884. The maximum absolute atomic E-state index is 4.93. The molecule has 0 radical (unpaired) electrons. The van der Waals surface area contributed by atoms with E-state index in [1.807, 2.05) is 0 Å². The van der Waals surface area contributed by atoms with Crippen molar-refractivity contribution in [2.75, 3.05) is 61.3 Å². The third-order valence-corrected chi connectivity index (χ3v) is 7.77. The third-order valence-electron chi connectivity index (χ3n) is 7.77. The molecule has 4 rings (SSSR count). The zero-order valence-corrected chi connectivity index (χ0v) is 36.1. The molecule has 1 aliphatic heterocycles. The SMILES string of the molecule is CC1CC1.CCC.CCC(C)C.CCC1COC1.CCCC1CC1.CCCC1CCC1.CCCN(C)C.CCCOC.CCCOC. The van der Waals surface area contributed by atoms with Gasteiger partial charge in [-0.2, -0.15) is 0 Å². The number of ether oxygens (including phenoxy) is 3. The molecule has 3 saturated carbocycles. The van der Waals surface area contributed by atoms with Crippen molar-refractivity contribution >= 4 is 0 Å². The van der Waals surface area contributed by atoms with Gasteiger partial charge in [-0.3, -0.25) is 0 Å². The van der Waals surface area contributed by atoms with Gasteiger partial charge in [0.25, 0.3) is 0 Å². The van der Waals surface area contributed by atoms with Crippen molar-refractivity contribution in [3.63, 3.8) is 0 Å². The van der Waals surface area contributed by atoms with Crippen LogP contribution in [0.15, 0.2) is 0 Å². The molecule has 4 nitrogen and oxygen atoms in total. The predicted octanol–water partition coefficient (Wildman–Crippen LogP) is 13.8. The fourth-order valence-corrected chi connectivity index (χ4v) is 3.55. The Balaban J connectivity index is -0.000000142. The monoisotopic (exact) mass is 676 g/mol. The zero-order valence-electron chi connectivity index (χ0n) is 36.1. The summed E-state index contributed by atoms with van der Waals surface area (Å²) in [6, 6.07) is 0. The van der Waals surface area contributed by atoms with Crippen molar-refractivity contribution < 1.29 is 14.2 Å². The van der Waals surface area contributed by atoms with E-state index in [1.165, 1.54) is 103 Å². The Kier molecular flexibility index (Phi) is 60.1. The normalized spacial score (nSPS) is 15.7. The van der Waals surface area contributed by atoms with Gasteiger partial charge in [-0.15, -0.1) is 0 Å². The van der Waals surface area contributed by atoms with E-state index in [1.54, 1.807) is 14.2 Å². The highest BCUT2D eigenvalue weighted by Gasteiger charge is 2.18. The van der Waals surface area contributed by atoms with Gasteiger partial charge in [-0.1, -0.05) is 167 Å². The zero-order chi connectivity index (χ0) is 37.1. The maximum Gasteiger partial charge on any atom is 0.0516 e. The van der Waals surface area contributed by atoms with Gasteiger partial charge in [0.15, 0.2) is 0 Å². The highest BCUT2D eigenvalue weighted by Crippen LogP contribution is 2.33. The summed E-state index contributed by atoms with van der Waals surface area (Å²) in [6.45, 7) is 31.3. The van der Waals surface area contributed by atoms with Gasteiger partial charge in [-0.25, -0.2) is 0 Å². The van der Waals surface area contributed by atoms with Crippen LogP contribution in [0, 0.1) is 29.6 Å². The second-order valence-corrected chi connectivity index (χ2v) is 14.6. The molecule has 292 valence electrons. The lowest BCUT2D eigenvalue weighted by Gasteiger charge is -2.24. The van der Waals surface area contributed by atoms with Crippen molar-refractivity contribution in [1.29, 1.82) is 0 Å². The Morgan fingerprint density at radius 3 is 1.04 bits per heavy atom. The van der Waals surface area contributed by atoms with E-state index in [-0.39, 0.29) is 0 Å². The van der Waals surface area contributed by atoms with E-state index in [4.69, 9.17) is 14.2 Å². The molecule has 3 aliphatic carbocycles. The van der Waals surface area contributed by atoms with E-state index in [0.717, 1.165) is 68.9 Å². The summed E-state index contributed by atoms with van der Waals surface area (Å²) >= 11 is 0. The minimum absolute atomic E-state index is 0.884. The lowest BCUT2D eigenvalue weighted by Crippen LogP contribution is -2.26. The van der Waals surface area contributed by atoms with E-state index < -0.39 is 0 Å². The molecule has 0 atom stereocenters. The van der Waals surface area contributed by atoms with Crippen LogP contribution >= 0.6 is 0 Å². The second-order valence-electron chi connectivity index (χ2n) is 14.6. The van der Waals surface area contributed by atoms with Gasteiger partial charge in [0.2, 0.25) is 0 Å². The third kappa shape index (κ3) is 72.6. The highest BCUT2D eigenvalue weighted by molar-refractivity contribution is 4.71. The van der Waals surface area contributed by atoms with Crippen LogP contribution in [0.1, 0.15) is 192 Å². The molecule has 4 aliphatic rings. The molecule has 4 fully saturated rings. The first kappa shape index (κ1) is 56.2. The average Bonchev–Trinajstić information content (AvgIpc) is 3.93. The van der Waals surface area contributed by atoms with Gasteiger partial charge in [0, 0.05) is 33.4 Å². The summed E-state index contributed by atoms with van der Waals surface area (Å²) in [7, 11) is 7.60. The Morgan fingerprint density at radius 1 is 0.617 bits per heavy atom. The standard InChI is InChI=1S/C7H14.C6H12.C5H13N.C5H10O.C5H12.2C4H10O.C4H8.C3H8/c1-2-4-7-5-3-6-7;1-2-3-6-4-5-6;1-4-5-6(2)3;1-2-5-3-6-4-5;1-4-5(2)3;2*1-3-4-5-2;1-4-2-3-4;1-3-2/h7H,2-6H2,1H3;6H,2-5H2,1H3;4-5H2,1-3H3;5H,2-4H2,1H3;5H,4H2,1-3H3;2*3-4H2,1-2H3;4H,2-3H2,1H3;3H2,1-2H3. The lowest BCUT2D eigenvalue weighted by atomic mass is 9.82. The number of nitrogens with zero attached hydrogens (tertiary/aromatic N) is 1. The highest BCUT2D eigenvalue weighted by atomic mass is 16.5. The van der Waals surface area contributed by atoms with E-state index in [2.05, 4.69) is 102 Å². The molecule has 4 heteroatoms. The van der Waals surface area contributed by atoms with Crippen molar-refractivity contribution in [2.45, 2.75) is 192 Å². The molecule has 0 aromatic carbocycles. The largest absolute Gasteiger partial charge is 0.385 e. The Bertz CT molecular complexity index is 453. The van der Waals surface area contributed by atoms with E-state index >= 15 is 0 Å². The summed E-state index contributed by atoms with van der Waals surface area (Å²) in [5.41, 5.74) is 0. The molecule has 0 aromatic heterocycles. The summed E-state index contributed by atoms with van der Waals surface area (Å²) in [6.07, 6.45) is 23.7. The summed E-state index contributed by atoms with van der Waals surface area (Å²) in [5, 5.41) is 0. The number of hydrogen-bond acceptors (Lipinski definition) is 4. The predicted molar refractivity (Wildman–Crippen MR) is 217 cm³/mol. The van der Waals surface area contributed by atoms with Crippen molar-refractivity contribution in [2.24, 2.45) is 29.6 Å². The van der Waals surface area contributed by atoms with Crippen LogP contribution < -0.4 is 0 Å². The molecule has 1 saturated heterocycles. The molecule has 47 heavy (non-hydrogen) atoms. The van der Waals surface area contributed by atoms with Gasteiger partial charge in [0.1, 0.15) is 0 Å². The first-order valence-electron chi connectivity index (χ1n) is 20.7. The summed E-state index contributed by atoms with van der Waals surface area (Å²) < 4.78 is 14.3. The van der Waals surface area contributed by atoms with E-state index in [9.17, 15) is 0 Å². The minimum Gasteiger partial charge on any atom is -0.385 e. The summed E-state index contributed by atoms with van der Waals surface area (Å²) in [5.74, 6) is 5.14. The van der Waals surface area contributed by atoms with Gasteiger partial charge >= 0.3 is 0 Å². The average molecular weight is 676 g/mol. The van der Waals surface area contributed by atoms with Crippen molar-refractivity contribution in [1.82, 2.24) is 4.90 Å². The molecule has 0 unspecified atom stereocenters. The Morgan fingerprint density at radius 2 is 1.00 bits per heavy atom. The van der Waals surface area contributed by atoms with Crippen LogP contribution in [-0.4, -0.2) is 66.2 Å². The Hall–Kier alpha value is -0.160. The first-order chi connectivity index (χ1) is 22.5. The number of hydrogen-bond donors (Lipinski definition) is 0. The molecular formula is C43H97NO3. The van der Waals surface area contributed by atoms with Crippen LogP contribution in [0.2, 0.25) is 0 Å². The van der Waals surface area contributed by atoms with Gasteiger partial charge < -0.3 is 19.1 Å². The quantitative estimate of drug-likeness (QED) is 0.206. The molecule has 0 bridgehead atoms. The van der Waals surface area contributed by atoms with Gasteiger partial charge in [-0.05, 0) is 70.0 Å². The topological polar surface area (TPSA) is 30.9 Å². The molecule has 1 heterocycles. The van der Waals surface area contributed by atoms with Gasteiger partial charge in [0.05, 0.1) is 13.2 Å². The number of methoxy groups -OCH3 is 2. The van der Waals surface area contributed by atoms with E-state index in [0.29, 0.717) is 0 Å². The molecule has 0 amide bonds. The smallest absolute Gasteiger partial charge is 0.0516 e. The van der Waals surface area contributed by atoms with Crippen LogP contribution in [-0.2, 0) is 14.2 Å². The molecular weight excluding hydrogens is 578 g/mol. The van der Waals surface area contributed by atoms with Crippen LogP contribution in [0.25, 0.3) is 0 Å². The van der Waals surface area contributed by atoms with Crippen molar-refractivity contribution in [3.05, 3.63) is 0 Å². The lowest BCUT2D eigenvalue weighted by molar-refractivity contribution is -0.0331. The fourth-order valence-electron chi connectivity index (χ4n) is 3.55. The van der Waals surface area contributed by atoms with Crippen LogP contribution in [0.3, 0.4) is 0 Å².